The molecule has 0 radical (unpaired) electrons. The molecule has 5 unspecified atom stereocenters. The van der Waals surface area contributed by atoms with Gasteiger partial charge in [0.05, 0.1) is 18.6 Å². The van der Waals surface area contributed by atoms with Crippen molar-refractivity contribution < 1.29 is 29.2 Å². The fourth-order valence-corrected chi connectivity index (χ4v) is 7.50. The van der Waals surface area contributed by atoms with E-state index in [4.69, 9.17) is 14.2 Å². The largest absolute Gasteiger partial charge is 0.392 e. The first-order chi connectivity index (χ1) is 16.1. The molecule has 8 atom stereocenters. The maximum Gasteiger partial charge on any atom is 0.289 e. The number of ether oxygens (including phenoxy) is 3. The second-order valence-corrected chi connectivity index (χ2v) is 11.0. The molecular formula is C28H32O6. The van der Waals surface area contributed by atoms with Gasteiger partial charge in [0.1, 0.15) is 17.3 Å². The Kier molecular flexibility index (Phi) is 4.60. The van der Waals surface area contributed by atoms with Crippen LogP contribution in [0, 0.1) is 17.8 Å². The maximum atomic E-state index is 13.3. The number of fused-ring (bicyclic) bond motifs is 2. The molecule has 2 aliphatic heterocycles. The van der Waals surface area contributed by atoms with Crippen molar-refractivity contribution in [1.82, 2.24) is 0 Å². The molecule has 6 rings (SSSR count). The van der Waals surface area contributed by atoms with Crippen LogP contribution in [0.4, 0.5) is 0 Å². The Labute approximate surface area is 199 Å². The standard InChI is InChI=1S/C28H32O6/c1-16(2)26-12-18(4)28-21(11-20(15-29)13-25(31)22(28)10-17(3)23(25)30)24(26)32-27(33-26,34-28)14-19-8-6-5-7-9-19/h5-11,18,21-22,24,29,31H,1,12-15H2,2-4H3/t18?,21?,22?,24?,25-,26-,27-,28?/m1/s1. The molecule has 6 nitrogen and oxygen atoms in total. The van der Waals surface area contributed by atoms with Crippen LogP contribution in [0.15, 0.2) is 65.8 Å². The van der Waals surface area contributed by atoms with Gasteiger partial charge in [0.2, 0.25) is 0 Å². The lowest BCUT2D eigenvalue weighted by Gasteiger charge is -2.59. The van der Waals surface area contributed by atoms with Gasteiger partial charge < -0.3 is 24.4 Å². The van der Waals surface area contributed by atoms with Gasteiger partial charge in [-0.1, -0.05) is 56.0 Å². The van der Waals surface area contributed by atoms with Crippen molar-refractivity contribution in [2.45, 2.75) is 68.9 Å². The first kappa shape index (κ1) is 22.4. The zero-order valence-corrected chi connectivity index (χ0v) is 19.9. The number of aliphatic hydroxyl groups excluding tert-OH is 1. The van der Waals surface area contributed by atoms with E-state index in [-0.39, 0.29) is 30.6 Å². The highest BCUT2D eigenvalue weighted by atomic mass is 16.9. The van der Waals surface area contributed by atoms with Gasteiger partial charge in [0, 0.05) is 18.3 Å². The third kappa shape index (κ3) is 2.61. The second kappa shape index (κ2) is 6.99. The van der Waals surface area contributed by atoms with Gasteiger partial charge in [-0.3, -0.25) is 4.79 Å². The number of carbonyl (C=O) groups is 1. The molecule has 180 valence electrons. The zero-order chi connectivity index (χ0) is 24.1. The summed E-state index contributed by atoms with van der Waals surface area (Å²) in [4.78, 5) is 13.3. The first-order valence-corrected chi connectivity index (χ1v) is 12.1. The number of benzene rings is 1. The lowest BCUT2D eigenvalue weighted by Crippen LogP contribution is -2.70. The van der Waals surface area contributed by atoms with Gasteiger partial charge in [-0.2, -0.15) is 0 Å². The summed E-state index contributed by atoms with van der Waals surface area (Å²) in [6, 6.07) is 9.92. The van der Waals surface area contributed by atoms with Crippen LogP contribution in [0.5, 0.6) is 0 Å². The Morgan fingerprint density at radius 1 is 1.21 bits per heavy atom. The molecule has 2 N–H and O–H groups in total. The van der Waals surface area contributed by atoms with Crippen LogP contribution in [-0.2, 0) is 25.4 Å². The molecule has 6 heteroatoms. The highest BCUT2D eigenvalue weighted by Crippen LogP contribution is 2.68. The fraction of sp³-hybridized carbons (Fsp3) is 0.536. The molecule has 3 bridgehead atoms. The summed E-state index contributed by atoms with van der Waals surface area (Å²) in [6.07, 6.45) is 4.51. The van der Waals surface area contributed by atoms with E-state index >= 15 is 0 Å². The Balaban J connectivity index is 1.58. The Bertz CT molecular complexity index is 1140. The molecule has 0 spiro atoms. The van der Waals surface area contributed by atoms with E-state index < -0.39 is 34.8 Å². The summed E-state index contributed by atoms with van der Waals surface area (Å²) in [5.41, 5.74) is -0.348. The van der Waals surface area contributed by atoms with E-state index in [9.17, 15) is 15.0 Å². The quantitative estimate of drug-likeness (QED) is 0.666. The van der Waals surface area contributed by atoms with Crippen molar-refractivity contribution in [3.63, 3.8) is 0 Å². The highest BCUT2D eigenvalue weighted by molar-refractivity contribution is 6.04. The Hall–Kier alpha value is -2.09. The molecule has 3 aliphatic carbocycles. The minimum atomic E-state index is -1.67. The average Bonchev–Trinajstić information content (AvgIpc) is 3.10. The predicted octanol–water partition coefficient (Wildman–Crippen LogP) is 3.24. The van der Waals surface area contributed by atoms with Crippen molar-refractivity contribution in [2.75, 3.05) is 6.61 Å². The predicted molar refractivity (Wildman–Crippen MR) is 124 cm³/mol. The minimum Gasteiger partial charge on any atom is -0.392 e. The summed E-state index contributed by atoms with van der Waals surface area (Å²) in [5.74, 6) is -2.64. The molecule has 0 amide bonds. The molecule has 5 aliphatic rings. The molecule has 1 aromatic rings. The lowest BCUT2D eigenvalue weighted by atomic mass is 9.55. The van der Waals surface area contributed by atoms with Crippen LogP contribution in [0.25, 0.3) is 0 Å². The number of ketones is 1. The van der Waals surface area contributed by atoms with Gasteiger partial charge in [-0.05, 0) is 48.5 Å². The molecule has 1 aromatic carbocycles. The zero-order valence-electron chi connectivity index (χ0n) is 19.9. The topological polar surface area (TPSA) is 85.2 Å². The van der Waals surface area contributed by atoms with Gasteiger partial charge in [-0.25, -0.2) is 0 Å². The Morgan fingerprint density at radius 3 is 2.62 bits per heavy atom. The SMILES string of the molecule is C=C(C)[C@]12CC(C)C34O[C@](Cc5ccccc5)(OC1C3C=C(CO)C[C@]1(O)C(=O)C(C)=CC41)O2. The maximum absolute atomic E-state index is 13.3. The Morgan fingerprint density at radius 2 is 1.94 bits per heavy atom. The van der Waals surface area contributed by atoms with Crippen molar-refractivity contribution in [2.24, 2.45) is 17.8 Å². The fourth-order valence-electron chi connectivity index (χ4n) is 7.50. The van der Waals surface area contributed by atoms with Crippen molar-refractivity contribution in [3.8, 4) is 0 Å². The van der Waals surface area contributed by atoms with Crippen LogP contribution in [0.3, 0.4) is 0 Å². The van der Waals surface area contributed by atoms with Crippen molar-refractivity contribution >= 4 is 5.78 Å². The molecule has 0 aromatic heterocycles. The van der Waals surface area contributed by atoms with Gasteiger partial charge in [-0.15, -0.1) is 0 Å². The lowest BCUT2D eigenvalue weighted by molar-refractivity contribution is -0.421. The number of Topliss-reactive ketones (excluding diaryl/α,β-unsaturated/α-hetero) is 1. The van der Waals surface area contributed by atoms with Gasteiger partial charge >= 0.3 is 0 Å². The number of rotatable bonds is 4. The molecule has 2 saturated heterocycles. The van der Waals surface area contributed by atoms with Crippen molar-refractivity contribution in [3.05, 3.63) is 71.3 Å². The van der Waals surface area contributed by atoms with E-state index in [1.807, 2.05) is 49.4 Å². The summed E-state index contributed by atoms with van der Waals surface area (Å²) >= 11 is 0. The summed E-state index contributed by atoms with van der Waals surface area (Å²) in [6.45, 7) is 9.87. The minimum absolute atomic E-state index is 0.0761. The van der Waals surface area contributed by atoms with Crippen LogP contribution < -0.4 is 0 Å². The van der Waals surface area contributed by atoms with Crippen LogP contribution in [0.1, 0.15) is 39.2 Å². The van der Waals surface area contributed by atoms with E-state index in [0.29, 0.717) is 24.0 Å². The number of aliphatic hydroxyl groups is 2. The number of hydrogen-bond acceptors (Lipinski definition) is 6. The summed E-state index contributed by atoms with van der Waals surface area (Å²) in [5, 5.41) is 22.1. The van der Waals surface area contributed by atoms with Crippen LogP contribution >= 0.6 is 0 Å². The molecule has 3 fully saturated rings. The van der Waals surface area contributed by atoms with Crippen LogP contribution in [-0.4, -0.2) is 51.5 Å². The molecule has 34 heavy (non-hydrogen) atoms. The molecular weight excluding hydrogens is 432 g/mol. The third-order valence-corrected chi connectivity index (χ3v) is 8.93. The van der Waals surface area contributed by atoms with E-state index in [0.717, 1.165) is 11.1 Å². The van der Waals surface area contributed by atoms with E-state index in [2.05, 4.69) is 13.5 Å². The summed E-state index contributed by atoms with van der Waals surface area (Å²) in [7, 11) is 0. The summed E-state index contributed by atoms with van der Waals surface area (Å²) < 4.78 is 20.5. The smallest absolute Gasteiger partial charge is 0.289 e. The van der Waals surface area contributed by atoms with E-state index in [1.165, 1.54) is 0 Å². The van der Waals surface area contributed by atoms with Crippen molar-refractivity contribution in [1.29, 1.82) is 0 Å². The average molecular weight is 465 g/mol. The van der Waals surface area contributed by atoms with E-state index in [1.54, 1.807) is 6.92 Å². The van der Waals surface area contributed by atoms with Crippen LogP contribution in [0.2, 0.25) is 0 Å². The monoisotopic (exact) mass is 464 g/mol. The normalized spacial score (nSPS) is 46.4. The first-order valence-electron chi connectivity index (χ1n) is 12.1. The third-order valence-electron chi connectivity index (χ3n) is 8.93. The number of carbonyl (C=O) groups excluding carboxylic acids is 1. The molecule has 2 heterocycles. The molecule has 1 saturated carbocycles. The van der Waals surface area contributed by atoms with Gasteiger partial charge in [0.25, 0.3) is 5.97 Å². The number of hydrogen-bond donors (Lipinski definition) is 2. The second-order valence-electron chi connectivity index (χ2n) is 11.0. The van der Waals surface area contributed by atoms with Gasteiger partial charge in [0.15, 0.2) is 5.78 Å². The highest BCUT2D eigenvalue weighted by Gasteiger charge is 2.79.